The van der Waals surface area contributed by atoms with Gasteiger partial charge in [0.25, 0.3) is 0 Å². The third kappa shape index (κ3) is 3.91. The molecule has 1 aliphatic heterocycles. The van der Waals surface area contributed by atoms with Gasteiger partial charge in [0.15, 0.2) is 0 Å². The third-order valence-electron chi connectivity index (χ3n) is 3.38. The molecular weight excluding hydrogens is 275 g/mol. The number of benzene rings is 1. The van der Waals surface area contributed by atoms with E-state index in [1.165, 1.54) is 17.0 Å². The van der Waals surface area contributed by atoms with E-state index >= 15 is 0 Å². The summed E-state index contributed by atoms with van der Waals surface area (Å²) in [6.45, 7) is 2.75. The van der Waals surface area contributed by atoms with Gasteiger partial charge < -0.3 is 20.9 Å². The first-order valence-corrected chi connectivity index (χ1v) is 6.89. The number of hydrogen-bond donors (Lipinski definition) is 2. The Labute approximate surface area is 122 Å². The number of carbonyl (C=O) groups excluding carboxylic acids is 2. The summed E-state index contributed by atoms with van der Waals surface area (Å²) in [6.07, 6.45) is 0. The lowest BCUT2D eigenvalue weighted by Crippen LogP contribution is -2.53. The summed E-state index contributed by atoms with van der Waals surface area (Å²) in [5.41, 5.74) is 6.19. The van der Waals surface area contributed by atoms with E-state index in [-0.39, 0.29) is 5.82 Å². The Hall–Kier alpha value is -2.15. The van der Waals surface area contributed by atoms with Gasteiger partial charge in [-0.25, -0.2) is 4.39 Å². The molecule has 3 N–H and O–H groups in total. The van der Waals surface area contributed by atoms with Crippen LogP contribution in [0.5, 0.6) is 0 Å². The molecule has 0 spiro atoms. The molecule has 1 saturated heterocycles. The summed E-state index contributed by atoms with van der Waals surface area (Å²) in [7, 11) is 0. The van der Waals surface area contributed by atoms with Crippen LogP contribution in [0, 0.1) is 5.82 Å². The third-order valence-corrected chi connectivity index (χ3v) is 3.38. The standard InChI is InChI=1S/C14H19FN4O2/c15-11-1-3-12(4-2-11)18-7-9-19(10-8-18)14(21)13(20)17-6-5-16/h1-4H,5-10,16H2,(H,17,20). The molecule has 7 heteroatoms. The van der Waals surface area contributed by atoms with Crippen LogP contribution < -0.4 is 16.0 Å². The molecule has 6 nitrogen and oxygen atoms in total. The van der Waals surface area contributed by atoms with Gasteiger partial charge in [-0.05, 0) is 24.3 Å². The predicted molar refractivity (Wildman–Crippen MR) is 77.3 cm³/mol. The van der Waals surface area contributed by atoms with Crippen molar-refractivity contribution in [2.24, 2.45) is 5.73 Å². The van der Waals surface area contributed by atoms with E-state index in [1.54, 1.807) is 12.1 Å². The number of piperazine rings is 1. The molecule has 0 aliphatic carbocycles. The summed E-state index contributed by atoms with van der Waals surface area (Å²) in [5.74, 6) is -1.41. The lowest BCUT2D eigenvalue weighted by atomic mass is 10.2. The second kappa shape index (κ2) is 7.03. The van der Waals surface area contributed by atoms with Gasteiger partial charge in [-0.15, -0.1) is 0 Å². The van der Waals surface area contributed by atoms with Crippen LogP contribution in [-0.4, -0.2) is 56.0 Å². The maximum absolute atomic E-state index is 12.9. The minimum Gasteiger partial charge on any atom is -0.368 e. The van der Waals surface area contributed by atoms with Gasteiger partial charge in [0.1, 0.15) is 5.82 Å². The zero-order valence-corrected chi connectivity index (χ0v) is 11.7. The van der Waals surface area contributed by atoms with Crippen molar-refractivity contribution in [2.75, 3.05) is 44.2 Å². The number of anilines is 1. The van der Waals surface area contributed by atoms with Crippen molar-refractivity contribution in [2.45, 2.75) is 0 Å². The maximum atomic E-state index is 12.9. The zero-order chi connectivity index (χ0) is 15.2. The summed E-state index contributed by atoms with van der Waals surface area (Å²) in [4.78, 5) is 27.1. The van der Waals surface area contributed by atoms with Crippen LogP contribution >= 0.6 is 0 Å². The lowest BCUT2D eigenvalue weighted by molar-refractivity contribution is -0.146. The Morgan fingerprint density at radius 1 is 1.14 bits per heavy atom. The van der Waals surface area contributed by atoms with Crippen LogP contribution in [0.25, 0.3) is 0 Å². The van der Waals surface area contributed by atoms with E-state index in [4.69, 9.17) is 5.73 Å². The van der Waals surface area contributed by atoms with Gasteiger partial charge >= 0.3 is 11.8 Å². The second-order valence-electron chi connectivity index (χ2n) is 4.80. The van der Waals surface area contributed by atoms with E-state index in [1.807, 2.05) is 0 Å². The smallest absolute Gasteiger partial charge is 0.312 e. The highest BCUT2D eigenvalue weighted by Gasteiger charge is 2.25. The number of nitrogens with one attached hydrogen (secondary N) is 1. The number of rotatable bonds is 3. The number of halogens is 1. The molecule has 0 bridgehead atoms. The number of carbonyl (C=O) groups is 2. The monoisotopic (exact) mass is 294 g/mol. The van der Waals surface area contributed by atoms with Crippen LogP contribution in [0.3, 0.4) is 0 Å². The van der Waals surface area contributed by atoms with E-state index in [2.05, 4.69) is 10.2 Å². The molecule has 0 aromatic heterocycles. The first-order valence-electron chi connectivity index (χ1n) is 6.89. The van der Waals surface area contributed by atoms with Gasteiger partial charge in [-0.3, -0.25) is 9.59 Å². The van der Waals surface area contributed by atoms with Gasteiger partial charge in [-0.1, -0.05) is 0 Å². The maximum Gasteiger partial charge on any atom is 0.312 e. The molecule has 0 radical (unpaired) electrons. The fourth-order valence-corrected chi connectivity index (χ4v) is 2.22. The number of nitrogens with two attached hydrogens (primary N) is 1. The molecule has 1 aromatic rings. The molecule has 1 heterocycles. The van der Waals surface area contributed by atoms with Crippen LogP contribution in [-0.2, 0) is 9.59 Å². The molecule has 2 rings (SSSR count). The molecule has 2 amide bonds. The molecule has 0 unspecified atom stereocenters. The quantitative estimate of drug-likeness (QED) is 0.740. The van der Waals surface area contributed by atoms with Crippen molar-refractivity contribution in [3.8, 4) is 0 Å². The van der Waals surface area contributed by atoms with Crippen molar-refractivity contribution in [3.63, 3.8) is 0 Å². The topological polar surface area (TPSA) is 78.7 Å². The predicted octanol–water partition coefficient (Wildman–Crippen LogP) is -0.451. The minimum absolute atomic E-state index is 0.274. The van der Waals surface area contributed by atoms with E-state index in [0.29, 0.717) is 39.3 Å². The van der Waals surface area contributed by atoms with Gasteiger partial charge in [-0.2, -0.15) is 0 Å². The van der Waals surface area contributed by atoms with Crippen molar-refractivity contribution < 1.29 is 14.0 Å². The fraction of sp³-hybridized carbons (Fsp3) is 0.429. The molecule has 0 atom stereocenters. The molecule has 1 fully saturated rings. The van der Waals surface area contributed by atoms with Crippen molar-refractivity contribution in [3.05, 3.63) is 30.1 Å². The fourth-order valence-electron chi connectivity index (χ4n) is 2.22. The Kier molecular flexibility index (Phi) is 5.10. The first kappa shape index (κ1) is 15.2. The molecule has 1 aromatic carbocycles. The Morgan fingerprint density at radius 2 is 1.76 bits per heavy atom. The molecule has 0 saturated carbocycles. The lowest BCUT2D eigenvalue weighted by Gasteiger charge is -2.35. The van der Waals surface area contributed by atoms with Crippen LogP contribution in [0.4, 0.5) is 10.1 Å². The highest BCUT2D eigenvalue weighted by Crippen LogP contribution is 2.16. The van der Waals surface area contributed by atoms with Gasteiger partial charge in [0.2, 0.25) is 0 Å². The average Bonchev–Trinajstić information content (AvgIpc) is 2.53. The van der Waals surface area contributed by atoms with Gasteiger partial charge in [0.05, 0.1) is 0 Å². The summed E-state index contributed by atoms with van der Waals surface area (Å²) >= 11 is 0. The highest BCUT2D eigenvalue weighted by atomic mass is 19.1. The van der Waals surface area contributed by atoms with Crippen molar-refractivity contribution in [1.82, 2.24) is 10.2 Å². The van der Waals surface area contributed by atoms with Crippen molar-refractivity contribution >= 4 is 17.5 Å². The minimum atomic E-state index is -0.615. The second-order valence-corrected chi connectivity index (χ2v) is 4.80. The van der Waals surface area contributed by atoms with Crippen LogP contribution in [0.1, 0.15) is 0 Å². The zero-order valence-electron chi connectivity index (χ0n) is 11.7. The number of nitrogens with zero attached hydrogens (tertiary/aromatic N) is 2. The highest BCUT2D eigenvalue weighted by molar-refractivity contribution is 6.35. The van der Waals surface area contributed by atoms with E-state index in [0.717, 1.165) is 5.69 Å². The Bertz CT molecular complexity index is 498. The SMILES string of the molecule is NCCNC(=O)C(=O)N1CCN(c2ccc(F)cc2)CC1. The van der Waals surface area contributed by atoms with Gasteiger partial charge in [0, 0.05) is 45.0 Å². The summed E-state index contributed by atoms with van der Waals surface area (Å²) in [6, 6.07) is 6.24. The molecule has 21 heavy (non-hydrogen) atoms. The van der Waals surface area contributed by atoms with Crippen LogP contribution in [0.2, 0.25) is 0 Å². The molecule has 114 valence electrons. The summed E-state index contributed by atoms with van der Waals surface area (Å²) < 4.78 is 12.9. The first-order chi connectivity index (χ1) is 10.1. The normalized spacial score (nSPS) is 15.0. The Balaban J connectivity index is 1.86. The van der Waals surface area contributed by atoms with Crippen LogP contribution in [0.15, 0.2) is 24.3 Å². The number of amides is 2. The largest absolute Gasteiger partial charge is 0.368 e. The van der Waals surface area contributed by atoms with Crippen molar-refractivity contribution in [1.29, 1.82) is 0 Å². The van der Waals surface area contributed by atoms with E-state index in [9.17, 15) is 14.0 Å². The number of hydrogen-bond acceptors (Lipinski definition) is 4. The molecule has 1 aliphatic rings. The average molecular weight is 294 g/mol. The van der Waals surface area contributed by atoms with E-state index < -0.39 is 11.8 Å². The summed E-state index contributed by atoms with van der Waals surface area (Å²) in [5, 5.41) is 2.47. The molecular formula is C14H19FN4O2. The Morgan fingerprint density at radius 3 is 2.33 bits per heavy atom.